The van der Waals surface area contributed by atoms with Crippen molar-refractivity contribution >= 4 is 5.69 Å². The van der Waals surface area contributed by atoms with E-state index in [1.165, 1.54) is 0 Å². The van der Waals surface area contributed by atoms with Gasteiger partial charge in [-0.1, -0.05) is 5.92 Å². The van der Waals surface area contributed by atoms with Crippen molar-refractivity contribution in [2.75, 3.05) is 11.9 Å². The van der Waals surface area contributed by atoms with Gasteiger partial charge in [-0.05, 0) is 19.1 Å². The van der Waals surface area contributed by atoms with Crippen molar-refractivity contribution in [3.8, 4) is 12.3 Å². The molecule has 1 rings (SSSR count). The molecule has 0 spiro atoms. The Labute approximate surface area is 66.7 Å². The van der Waals surface area contributed by atoms with Gasteiger partial charge in [0.25, 0.3) is 0 Å². The molecule has 2 nitrogen and oxygen atoms in total. The predicted octanol–water partition coefficient (Wildman–Crippen LogP) is 1.44. The molecule has 0 fully saturated rings. The summed E-state index contributed by atoms with van der Waals surface area (Å²) >= 11 is 0. The molecule has 0 saturated carbocycles. The van der Waals surface area contributed by atoms with E-state index in [1.54, 1.807) is 6.20 Å². The number of terminal acetylenes is 1. The summed E-state index contributed by atoms with van der Waals surface area (Å²) in [5.74, 6) is 2.50. The van der Waals surface area contributed by atoms with E-state index in [4.69, 9.17) is 6.42 Å². The summed E-state index contributed by atoms with van der Waals surface area (Å²) in [5, 5.41) is 3.06. The monoisotopic (exact) mass is 146 g/mol. The zero-order chi connectivity index (χ0) is 8.10. The lowest BCUT2D eigenvalue weighted by Crippen LogP contribution is -2.00. The smallest absolute Gasteiger partial charge is 0.0763 e. The number of anilines is 1. The average molecular weight is 146 g/mol. The van der Waals surface area contributed by atoms with Crippen LogP contribution in [0.3, 0.4) is 0 Å². The summed E-state index contributed by atoms with van der Waals surface area (Å²) < 4.78 is 0. The molecule has 0 aliphatic rings. The summed E-state index contributed by atoms with van der Waals surface area (Å²) in [5.41, 5.74) is 1.98. The van der Waals surface area contributed by atoms with Crippen molar-refractivity contribution in [2.45, 2.75) is 6.92 Å². The van der Waals surface area contributed by atoms with Crippen molar-refractivity contribution in [3.05, 3.63) is 24.0 Å². The van der Waals surface area contributed by atoms with Gasteiger partial charge >= 0.3 is 0 Å². The summed E-state index contributed by atoms with van der Waals surface area (Å²) in [6.45, 7) is 2.49. The standard InChI is InChI=1S/C9H10N2/c1-3-6-11-9-5-4-7-10-8(9)2/h1,4-5,7,11H,6H2,2H3. The first-order valence-electron chi connectivity index (χ1n) is 3.43. The van der Waals surface area contributed by atoms with Crippen LogP contribution in [0, 0.1) is 19.3 Å². The molecule has 0 aliphatic heterocycles. The number of rotatable bonds is 2. The Kier molecular flexibility index (Phi) is 2.51. The van der Waals surface area contributed by atoms with Gasteiger partial charge in [0.15, 0.2) is 0 Å². The van der Waals surface area contributed by atoms with Crippen LogP contribution in [-0.2, 0) is 0 Å². The van der Waals surface area contributed by atoms with Crippen molar-refractivity contribution < 1.29 is 0 Å². The fourth-order valence-corrected chi connectivity index (χ4v) is 0.817. The van der Waals surface area contributed by atoms with Gasteiger partial charge in [-0.2, -0.15) is 0 Å². The summed E-state index contributed by atoms with van der Waals surface area (Å²) in [4.78, 5) is 4.10. The minimum atomic E-state index is 0.548. The van der Waals surface area contributed by atoms with E-state index in [2.05, 4.69) is 16.2 Å². The molecule has 0 atom stereocenters. The Morgan fingerprint density at radius 2 is 2.55 bits per heavy atom. The maximum atomic E-state index is 5.09. The normalized spacial score (nSPS) is 8.73. The molecule has 1 N–H and O–H groups in total. The SMILES string of the molecule is C#CCNc1cccnc1C. The zero-order valence-electron chi connectivity index (χ0n) is 6.46. The second kappa shape index (κ2) is 3.62. The highest BCUT2D eigenvalue weighted by Crippen LogP contribution is 2.08. The van der Waals surface area contributed by atoms with Gasteiger partial charge in [0, 0.05) is 6.20 Å². The van der Waals surface area contributed by atoms with Crippen molar-refractivity contribution in [1.29, 1.82) is 0 Å². The van der Waals surface area contributed by atoms with Gasteiger partial charge in [-0.25, -0.2) is 0 Å². The largest absolute Gasteiger partial charge is 0.373 e. The van der Waals surface area contributed by atoms with E-state index >= 15 is 0 Å². The lowest BCUT2D eigenvalue weighted by Gasteiger charge is -2.03. The van der Waals surface area contributed by atoms with Crippen molar-refractivity contribution in [3.63, 3.8) is 0 Å². The number of hydrogen-bond acceptors (Lipinski definition) is 2. The van der Waals surface area contributed by atoms with Crippen LogP contribution in [0.2, 0.25) is 0 Å². The quantitative estimate of drug-likeness (QED) is 0.638. The van der Waals surface area contributed by atoms with E-state index < -0.39 is 0 Å². The third-order valence-electron chi connectivity index (χ3n) is 1.39. The molecule has 0 aromatic carbocycles. The highest BCUT2D eigenvalue weighted by molar-refractivity contribution is 5.47. The van der Waals surface area contributed by atoms with Crippen LogP contribution in [0.25, 0.3) is 0 Å². The van der Waals surface area contributed by atoms with Crippen LogP contribution >= 0.6 is 0 Å². The first kappa shape index (κ1) is 7.62. The number of aromatic nitrogens is 1. The molecular weight excluding hydrogens is 136 g/mol. The van der Waals surface area contributed by atoms with Crippen LogP contribution in [0.15, 0.2) is 18.3 Å². The highest BCUT2D eigenvalue weighted by Gasteiger charge is 1.93. The second-order valence-electron chi connectivity index (χ2n) is 2.19. The number of nitrogens with one attached hydrogen (secondary N) is 1. The molecule has 0 unspecified atom stereocenters. The third kappa shape index (κ3) is 1.98. The first-order chi connectivity index (χ1) is 5.34. The summed E-state index contributed by atoms with van der Waals surface area (Å²) in [7, 11) is 0. The molecule has 1 heterocycles. The zero-order valence-corrected chi connectivity index (χ0v) is 6.46. The topological polar surface area (TPSA) is 24.9 Å². The number of pyridine rings is 1. The fourth-order valence-electron chi connectivity index (χ4n) is 0.817. The molecular formula is C9H10N2. The maximum absolute atomic E-state index is 5.09. The summed E-state index contributed by atoms with van der Waals surface area (Å²) in [6, 6.07) is 3.84. The van der Waals surface area contributed by atoms with Gasteiger partial charge < -0.3 is 5.32 Å². The molecule has 0 amide bonds. The molecule has 0 bridgehead atoms. The van der Waals surface area contributed by atoms with Gasteiger partial charge in [0.2, 0.25) is 0 Å². The Morgan fingerprint density at radius 3 is 3.18 bits per heavy atom. The molecule has 1 aromatic rings. The van der Waals surface area contributed by atoms with Crippen LogP contribution < -0.4 is 5.32 Å². The first-order valence-corrected chi connectivity index (χ1v) is 3.43. The third-order valence-corrected chi connectivity index (χ3v) is 1.39. The highest BCUT2D eigenvalue weighted by atomic mass is 14.9. The van der Waals surface area contributed by atoms with E-state index in [0.29, 0.717) is 6.54 Å². The molecule has 0 saturated heterocycles. The Bertz CT molecular complexity index is 273. The minimum absolute atomic E-state index is 0.548. The van der Waals surface area contributed by atoms with E-state index in [9.17, 15) is 0 Å². The number of nitrogens with zero attached hydrogens (tertiary/aromatic N) is 1. The second-order valence-corrected chi connectivity index (χ2v) is 2.19. The van der Waals surface area contributed by atoms with E-state index in [1.807, 2.05) is 19.1 Å². The number of aryl methyl sites for hydroxylation is 1. The average Bonchev–Trinajstić information content (AvgIpc) is 2.03. The lowest BCUT2D eigenvalue weighted by atomic mass is 10.3. The van der Waals surface area contributed by atoms with Gasteiger partial charge in [-0.15, -0.1) is 6.42 Å². The van der Waals surface area contributed by atoms with Crippen LogP contribution in [0.1, 0.15) is 5.69 Å². The summed E-state index contributed by atoms with van der Waals surface area (Å²) in [6.07, 6.45) is 6.85. The van der Waals surface area contributed by atoms with Crippen LogP contribution in [0.5, 0.6) is 0 Å². The number of hydrogen-bond donors (Lipinski definition) is 1. The Balaban J connectivity index is 2.71. The van der Waals surface area contributed by atoms with Crippen LogP contribution in [0.4, 0.5) is 5.69 Å². The van der Waals surface area contributed by atoms with Gasteiger partial charge in [0.1, 0.15) is 0 Å². The molecule has 2 heteroatoms. The molecule has 0 aliphatic carbocycles. The lowest BCUT2D eigenvalue weighted by molar-refractivity contribution is 1.18. The fraction of sp³-hybridized carbons (Fsp3) is 0.222. The molecule has 11 heavy (non-hydrogen) atoms. The Hall–Kier alpha value is -1.49. The minimum Gasteiger partial charge on any atom is -0.373 e. The van der Waals surface area contributed by atoms with E-state index in [0.717, 1.165) is 11.4 Å². The maximum Gasteiger partial charge on any atom is 0.0763 e. The molecule has 0 radical (unpaired) electrons. The molecule has 1 aromatic heterocycles. The molecule has 56 valence electrons. The van der Waals surface area contributed by atoms with Gasteiger partial charge in [0.05, 0.1) is 17.9 Å². The Morgan fingerprint density at radius 1 is 1.73 bits per heavy atom. The van der Waals surface area contributed by atoms with Crippen molar-refractivity contribution in [1.82, 2.24) is 4.98 Å². The predicted molar refractivity (Wildman–Crippen MR) is 46.3 cm³/mol. The van der Waals surface area contributed by atoms with E-state index in [-0.39, 0.29) is 0 Å². The van der Waals surface area contributed by atoms with Crippen LogP contribution in [-0.4, -0.2) is 11.5 Å². The van der Waals surface area contributed by atoms with Gasteiger partial charge in [-0.3, -0.25) is 4.98 Å². The van der Waals surface area contributed by atoms with Crippen molar-refractivity contribution in [2.24, 2.45) is 0 Å².